The highest BCUT2D eigenvalue weighted by molar-refractivity contribution is 8.13. The summed E-state index contributed by atoms with van der Waals surface area (Å²) in [6.07, 6.45) is 6.87. The molecule has 1 amide bonds. The maximum Gasteiger partial charge on any atom is 0.281 e. The summed E-state index contributed by atoms with van der Waals surface area (Å²) in [5, 5.41) is 1.73. The number of aromatic nitrogens is 2. The van der Waals surface area contributed by atoms with Gasteiger partial charge in [0.2, 0.25) is 0 Å². The number of carbonyl (C=O) groups is 1. The molecule has 0 radical (unpaired) electrons. The van der Waals surface area contributed by atoms with Crippen LogP contribution in [0.5, 0.6) is 0 Å². The number of rotatable bonds is 2. The Morgan fingerprint density at radius 1 is 1.36 bits per heavy atom. The predicted molar refractivity (Wildman–Crippen MR) is 102 cm³/mol. The zero-order valence-corrected chi connectivity index (χ0v) is 15.3. The van der Waals surface area contributed by atoms with Crippen LogP contribution >= 0.6 is 11.8 Å². The summed E-state index contributed by atoms with van der Waals surface area (Å²) in [5.41, 5.74) is 1.33. The molecule has 0 aliphatic carbocycles. The van der Waals surface area contributed by atoms with Crippen LogP contribution in [0.4, 0.5) is 0 Å². The number of fused-ring (bicyclic) bond motifs is 1. The van der Waals surface area contributed by atoms with Crippen molar-refractivity contribution in [2.24, 2.45) is 4.99 Å². The van der Waals surface area contributed by atoms with E-state index < -0.39 is 0 Å². The Kier molecular flexibility index (Phi) is 4.76. The Hall–Kier alpha value is -1.86. The minimum absolute atomic E-state index is 0.179. The Morgan fingerprint density at radius 2 is 2.20 bits per heavy atom. The highest BCUT2D eigenvalue weighted by atomic mass is 32.2. The summed E-state index contributed by atoms with van der Waals surface area (Å²) < 4.78 is 0. The fourth-order valence-corrected chi connectivity index (χ4v) is 4.61. The number of H-pyrrole nitrogens is 1. The molecule has 4 rings (SSSR count). The van der Waals surface area contributed by atoms with Gasteiger partial charge in [0.15, 0.2) is 5.17 Å². The maximum absolute atomic E-state index is 12.8. The SMILES string of the molecule is CN1CCC(N2CCCS/C2=N\C(=O)c2c[nH]c3ncccc23)CC1. The normalized spacial score (nSPS) is 22.0. The van der Waals surface area contributed by atoms with E-state index in [4.69, 9.17) is 0 Å². The molecule has 2 aliphatic heterocycles. The van der Waals surface area contributed by atoms with Crippen molar-refractivity contribution < 1.29 is 4.79 Å². The van der Waals surface area contributed by atoms with E-state index in [2.05, 4.69) is 31.8 Å². The molecule has 0 spiro atoms. The number of aromatic amines is 1. The minimum Gasteiger partial charge on any atom is -0.348 e. The number of aliphatic imine (C=N–C) groups is 1. The number of nitrogens with one attached hydrogen (secondary N) is 1. The molecule has 2 aliphatic rings. The quantitative estimate of drug-likeness (QED) is 0.895. The number of thioether (sulfide) groups is 1. The van der Waals surface area contributed by atoms with Crippen molar-refractivity contribution in [1.82, 2.24) is 19.8 Å². The summed E-state index contributed by atoms with van der Waals surface area (Å²) in [6, 6.07) is 4.26. The molecule has 2 fully saturated rings. The number of pyridine rings is 1. The van der Waals surface area contributed by atoms with Crippen LogP contribution in [-0.2, 0) is 0 Å². The lowest BCUT2D eigenvalue weighted by Crippen LogP contribution is -2.47. The lowest BCUT2D eigenvalue weighted by molar-refractivity contribution is 0.100. The van der Waals surface area contributed by atoms with Crippen molar-refractivity contribution in [3.05, 3.63) is 30.1 Å². The highest BCUT2D eigenvalue weighted by Gasteiger charge is 2.28. The first-order chi connectivity index (χ1) is 12.2. The summed E-state index contributed by atoms with van der Waals surface area (Å²) in [4.78, 5) is 29.3. The van der Waals surface area contributed by atoms with Crippen molar-refractivity contribution in [2.45, 2.75) is 25.3 Å². The third-order valence-corrected chi connectivity index (χ3v) is 6.10. The summed E-state index contributed by atoms with van der Waals surface area (Å²) in [5.74, 6) is 0.853. The van der Waals surface area contributed by atoms with Crippen molar-refractivity contribution in [3.8, 4) is 0 Å². The van der Waals surface area contributed by atoms with Crippen LogP contribution in [0.1, 0.15) is 29.6 Å². The van der Waals surface area contributed by atoms with Gasteiger partial charge in [0, 0.05) is 36.1 Å². The molecule has 132 valence electrons. The third-order valence-electron chi connectivity index (χ3n) is 5.03. The van der Waals surface area contributed by atoms with Gasteiger partial charge in [-0.2, -0.15) is 4.99 Å². The highest BCUT2D eigenvalue weighted by Crippen LogP contribution is 2.26. The minimum atomic E-state index is -0.179. The lowest BCUT2D eigenvalue weighted by Gasteiger charge is -2.40. The van der Waals surface area contributed by atoms with Crippen molar-refractivity contribution >= 4 is 33.9 Å². The average molecular weight is 357 g/mol. The van der Waals surface area contributed by atoms with Gasteiger partial charge in [-0.15, -0.1) is 0 Å². The maximum atomic E-state index is 12.8. The van der Waals surface area contributed by atoms with Crippen LogP contribution in [0.3, 0.4) is 0 Å². The van der Waals surface area contributed by atoms with E-state index >= 15 is 0 Å². The van der Waals surface area contributed by atoms with Gasteiger partial charge in [0.25, 0.3) is 5.91 Å². The monoisotopic (exact) mass is 357 g/mol. The molecule has 2 saturated heterocycles. The molecule has 0 saturated carbocycles. The van der Waals surface area contributed by atoms with Crippen LogP contribution in [0.15, 0.2) is 29.5 Å². The first-order valence-electron chi connectivity index (χ1n) is 8.85. The first-order valence-corrected chi connectivity index (χ1v) is 9.84. The zero-order chi connectivity index (χ0) is 17.2. The molecule has 25 heavy (non-hydrogen) atoms. The number of hydrogen-bond donors (Lipinski definition) is 1. The number of amidine groups is 1. The molecular formula is C18H23N5OS. The second-order valence-corrected chi connectivity index (χ2v) is 7.79. The Balaban J connectivity index is 1.58. The molecule has 4 heterocycles. The lowest BCUT2D eigenvalue weighted by atomic mass is 10.0. The molecule has 0 atom stereocenters. The number of nitrogens with zero attached hydrogens (tertiary/aromatic N) is 4. The Labute approximate surface area is 151 Å². The molecular weight excluding hydrogens is 334 g/mol. The smallest absolute Gasteiger partial charge is 0.281 e. The molecule has 2 aromatic heterocycles. The van der Waals surface area contributed by atoms with Gasteiger partial charge >= 0.3 is 0 Å². The Morgan fingerprint density at radius 3 is 3.04 bits per heavy atom. The Bertz CT molecular complexity index is 794. The van der Waals surface area contributed by atoms with E-state index in [1.165, 1.54) is 0 Å². The number of likely N-dealkylation sites (tertiary alicyclic amines) is 1. The van der Waals surface area contributed by atoms with Gasteiger partial charge in [0.05, 0.1) is 5.56 Å². The number of amides is 1. The van der Waals surface area contributed by atoms with Crippen LogP contribution in [0.25, 0.3) is 11.0 Å². The number of piperidine rings is 1. The molecule has 7 heteroatoms. The van der Waals surface area contributed by atoms with Crippen LogP contribution in [0, 0.1) is 0 Å². The molecule has 0 bridgehead atoms. The molecule has 0 aromatic carbocycles. The van der Waals surface area contributed by atoms with E-state index in [0.29, 0.717) is 11.6 Å². The molecule has 1 N–H and O–H groups in total. The molecule has 2 aromatic rings. The largest absolute Gasteiger partial charge is 0.348 e. The molecule has 0 unspecified atom stereocenters. The predicted octanol–water partition coefficient (Wildman–Crippen LogP) is 2.59. The standard InChI is InChI=1S/C18H23N5OS/c1-22-9-5-13(6-10-22)23-8-3-11-25-18(23)21-17(24)15-12-20-16-14(15)4-2-7-19-16/h2,4,7,12-13H,3,5-6,8-11H2,1H3,(H,19,20)/b21-18-. The molecule has 6 nitrogen and oxygen atoms in total. The summed E-state index contributed by atoms with van der Waals surface area (Å²) >= 11 is 1.71. The van der Waals surface area contributed by atoms with Crippen LogP contribution < -0.4 is 0 Å². The zero-order valence-electron chi connectivity index (χ0n) is 14.4. The average Bonchev–Trinajstić information content (AvgIpc) is 3.07. The summed E-state index contributed by atoms with van der Waals surface area (Å²) in [6.45, 7) is 3.23. The third kappa shape index (κ3) is 3.43. The van der Waals surface area contributed by atoms with E-state index in [1.54, 1.807) is 24.2 Å². The van der Waals surface area contributed by atoms with Crippen molar-refractivity contribution in [2.75, 3.05) is 32.4 Å². The van der Waals surface area contributed by atoms with Gasteiger partial charge in [-0.3, -0.25) is 4.79 Å². The van der Waals surface area contributed by atoms with E-state index in [1.807, 2.05) is 12.1 Å². The second kappa shape index (κ2) is 7.17. The van der Waals surface area contributed by atoms with E-state index in [0.717, 1.165) is 60.9 Å². The fraction of sp³-hybridized carbons (Fsp3) is 0.500. The summed E-state index contributed by atoms with van der Waals surface area (Å²) in [7, 11) is 2.17. The van der Waals surface area contributed by atoms with Crippen molar-refractivity contribution in [3.63, 3.8) is 0 Å². The number of carbonyl (C=O) groups excluding carboxylic acids is 1. The first kappa shape index (κ1) is 16.6. The van der Waals surface area contributed by atoms with Gasteiger partial charge in [-0.1, -0.05) is 11.8 Å². The van der Waals surface area contributed by atoms with Gasteiger partial charge in [-0.25, -0.2) is 4.98 Å². The van der Waals surface area contributed by atoms with Crippen molar-refractivity contribution in [1.29, 1.82) is 0 Å². The van der Waals surface area contributed by atoms with Crippen LogP contribution in [-0.4, -0.2) is 69.3 Å². The van der Waals surface area contributed by atoms with Gasteiger partial charge in [0.1, 0.15) is 5.65 Å². The van der Waals surface area contributed by atoms with E-state index in [-0.39, 0.29) is 5.91 Å². The fourth-order valence-electron chi connectivity index (χ4n) is 3.60. The topological polar surface area (TPSA) is 64.6 Å². The van der Waals surface area contributed by atoms with Gasteiger partial charge < -0.3 is 14.8 Å². The number of hydrogen-bond acceptors (Lipinski definition) is 4. The second-order valence-electron chi connectivity index (χ2n) is 6.73. The van der Waals surface area contributed by atoms with E-state index in [9.17, 15) is 4.79 Å². The van der Waals surface area contributed by atoms with Crippen LogP contribution in [0.2, 0.25) is 0 Å². The van der Waals surface area contributed by atoms with Gasteiger partial charge in [-0.05, 0) is 51.5 Å².